The summed E-state index contributed by atoms with van der Waals surface area (Å²) in [5, 5.41) is 0. The van der Waals surface area contributed by atoms with E-state index in [0.717, 1.165) is 16.7 Å². The van der Waals surface area contributed by atoms with Crippen molar-refractivity contribution < 1.29 is 0 Å². The minimum absolute atomic E-state index is 0.821. The topological polar surface area (TPSA) is 0 Å². The maximum atomic E-state index is 2.43. The number of hydrogen-bond acceptors (Lipinski definition) is 0. The molecular weight excluding hydrogens is 96.1 g/mol. The average Bonchev–Trinajstić information content (AvgIpc) is 2.51. The fourth-order valence-electron chi connectivity index (χ4n) is 2.73. The Morgan fingerprint density at radius 1 is 1.62 bits per heavy atom. The second-order valence-corrected chi connectivity index (χ2v) is 3.83. The molecule has 2 aliphatic carbocycles. The first-order chi connectivity index (χ1) is 3.67. The summed E-state index contributed by atoms with van der Waals surface area (Å²) in [4.78, 5) is 0. The normalized spacial score (nSPS) is 67.1. The highest BCUT2D eigenvalue weighted by Gasteiger charge is 2.84. The van der Waals surface area contributed by atoms with Crippen molar-refractivity contribution in [1.29, 1.82) is 0 Å². The molecule has 0 radical (unpaired) electrons. The lowest BCUT2D eigenvalue weighted by Crippen LogP contribution is -1.92. The van der Waals surface area contributed by atoms with Gasteiger partial charge in [0, 0.05) is 0 Å². The minimum Gasteiger partial charge on any atom is -0.0648 e. The van der Waals surface area contributed by atoms with Crippen LogP contribution in [0.25, 0.3) is 0 Å². The number of fused-ring (bicyclic) bond motifs is 1. The Kier molecular flexibility index (Phi) is 0.527. The van der Waals surface area contributed by atoms with Gasteiger partial charge in [0.25, 0.3) is 0 Å². The lowest BCUT2D eigenvalue weighted by molar-refractivity contribution is 0.482. The van der Waals surface area contributed by atoms with Crippen molar-refractivity contribution in [2.75, 3.05) is 0 Å². The van der Waals surface area contributed by atoms with Crippen LogP contribution in [0, 0.1) is 16.7 Å². The fraction of sp³-hybridized carbons (Fsp3) is 1.00. The monoisotopic (exact) mass is 110 g/mol. The van der Waals surface area contributed by atoms with Crippen molar-refractivity contribution in [3.8, 4) is 0 Å². The van der Waals surface area contributed by atoms with Gasteiger partial charge in [0.1, 0.15) is 0 Å². The van der Waals surface area contributed by atoms with E-state index in [2.05, 4.69) is 20.8 Å². The zero-order valence-electron chi connectivity index (χ0n) is 5.99. The summed E-state index contributed by atoms with van der Waals surface area (Å²) in [5.74, 6) is 1.06. The Morgan fingerprint density at radius 3 is 2.12 bits per heavy atom. The van der Waals surface area contributed by atoms with E-state index in [-0.39, 0.29) is 0 Å². The van der Waals surface area contributed by atoms with Gasteiger partial charge in [-0.05, 0) is 29.6 Å². The largest absolute Gasteiger partial charge is 0.0648 e. The van der Waals surface area contributed by atoms with Crippen LogP contribution in [-0.2, 0) is 0 Å². The van der Waals surface area contributed by atoms with E-state index in [0.29, 0.717) is 0 Å². The summed E-state index contributed by atoms with van der Waals surface area (Å²) in [5.41, 5.74) is 1.68. The summed E-state index contributed by atoms with van der Waals surface area (Å²) in [6.45, 7) is 7.16. The molecule has 0 heteroatoms. The van der Waals surface area contributed by atoms with Crippen LogP contribution < -0.4 is 0 Å². The van der Waals surface area contributed by atoms with Gasteiger partial charge >= 0.3 is 0 Å². The summed E-state index contributed by atoms with van der Waals surface area (Å²) in [7, 11) is 0. The van der Waals surface area contributed by atoms with Gasteiger partial charge in [-0.2, -0.15) is 0 Å². The highest BCUT2D eigenvalue weighted by molar-refractivity contribution is 5.32. The molecule has 3 unspecified atom stereocenters. The van der Waals surface area contributed by atoms with Crippen LogP contribution in [0.15, 0.2) is 0 Å². The predicted octanol–water partition coefficient (Wildman–Crippen LogP) is 2.44. The SMILES string of the molecule is CCC12CC1(C)C2C. The van der Waals surface area contributed by atoms with Crippen LogP contribution >= 0.6 is 0 Å². The first-order valence-electron chi connectivity index (χ1n) is 3.67. The van der Waals surface area contributed by atoms with Gasteiger partial charge < -0.3 is 0 Å². The molecule has 0 nitrogen and oxygen atoms in total. The van der Waals surface area contributed by atoms with E-state index in [1.54, 1.807) is 0 Å². The third kappa shape index (κ3) is 0.222. The van der Waals surface area contributed by atoms with Crippen LogP contribution in [0.4, 0.5) is 0 Å². The molecule has 2 rings (SSSR count). The van der Waals surface area contributed by atoms with Gasteiger partial charge in [-0.15, -0.1) is 0 Å². The first kappa shape index (κ1) is 4.84. The smallest absolute Gasteiger partial charge is 0.0207 e. The number of rotatable bonds is 1. The summed E-state index contributed by atoms with van der Waals surface area (Å²) >= 11 is 0. The third-order valence-electron chi connectivity index (χ3n) is 4.03. The molecule has 3 atom stereocenters. The van der Waals surface area contributed by atoms with Crippen LogP contribution in [0.2, 0.25) is 0 Å². The Labute approximate surface area is 51.3 Å². The summed E-state index contributed by atoms with van der Waals surface area (Å²) in [6, 6.07) is 0. The summed E-state index contributed by atoms with van der Waals surface area (Å²) < 4.78 is 0. The lowest BCUT2D eigenvalue weighted by atomic mass is 10.0. The minimum atomic E-state index is 0.821. The van der Waals surface area contributed by atoms with E-state index in [4.69, 9.17) is 0 Å². The predicted molar refractivity (Wildman–Crippen MR) is 34.6 cm³/mol. The highest BCUT2D eigenvalue weighted by atomic mass is 14.9. The molecule has 46 valence electrons. The molecule has 0 amide bonds. The quantitative estimate of drug-likeness (QED) is 0.486. The first-order valence-corrected chi connectivity index (χ1v) is 3.67. The Hall–Kier alpha value is 0. The van der Waals surface area contributed by atoms with Crippen molar-refractivity contribution >= 4 is 0 Å². The maximum absolute atomic E-state index is 2.43. The van der Waals surface area contributed by atoms with Gasteiger partial charge in [0.15, 0.2) is 0 Å². The molecular formula is C8H14. The molecule has 2 fully saturated rings. The average molecular weight is 110 g/mol. The molecule has 0 saturated heterocycles. The standard InChI is InChI=1S/C8H14/c1-4-8-5-7(8,3)6(8)2/h6H,4-5H2,1-3H3. The molecule has 2 saturated carbocycles. The second-order valence-electron chi connectivity index (χ2n) is 3.83. The highest BCUT2D eigenvalue weighted by Crippen LogP contribution is 2.91. The zero-order chi connectivity index (χ0) is 5.99. The molecule has 2 aliphatic rings. The van der Waals surface area contributed by atoms with Crippen LogP contribution in [0.3, 0.4) is 0 Å². The lowest BCUT2D eigenvalue weighted by Gasteiger charge is -2.01. The van der Waals surface area contributed by atoms with E-state index in [1.165, 1.54) is 12.8 Å². The Balaban J connectivity index is 2.17. The third-order valence-corrected chi connectivity index (χ3v) is 4.03. The van der Waals surface area contributed by atoms with Gasteiger partial charge in [0.2, 0.25) is 0 Å². The van der Waals surface area contributed by atoms with E-state index in [9.17, 15) is 0 Å². The van der Waals surface area contributed by atoms with Crippen LogP contribution in [0.5, 0.6) is 0 Å². The Morgan fingerprint density at radius 2 is 2.12 bits per heavy atom. The molecule has 0 N–H and O–H groups in total. The molecule has 0 aliphatic heterocycles. The van der Waals surface area contributed by atoms with Crippen molar-refractivity contribution in [2.24, 2.45) is 16.7 Å². The molecule has 0 heterocycles. The van der Waals surface area contributed by atoms with Gasteiger partial charge in [-0.1, -0.05) is 20.8 Å². The summed E-state index contributed by atoms with van der Waals surface area (Å²) in [6.07, 6.45) is 2.95. The Bertz CT molecular complexity index is 135. The van der Waals surface area contributed by atoms with Gasteiger partial charge in [0.05, 0.1) is 0 Å². The molecule has 8 heavy (non-hydrogen) atoms. The number of hydrogen-bond donors (Lipinski definition) is 0. The molecule has 0 aromatic carbocycles. The van der Waals surface area contributed by atoms with Crippen molar-refractivity contribution in [1.82, 2.24) is 0 Å². The van der Waals surface area contributed by atoms with Crippen LogP contribution in [-0.4, -0.2) is 0 Å². The zero-order valence-corrected chi connectivity index (χ0v) is 5.99. The van der Waals surface area contributed by atoms with E-state index < -0.39 is 0 Å². The van der Waals surface area contributed by atoms with Crippen LogP contribution in [0.1, 0.15) is 33.6 Å². The van der Waals surface area contributed by atoms with E-state index >= 15 is 0 Å². The molecule has 0 aromatic rings. The molecule has 0 bridgehead atoms. The maximum Gasteiger partial charge on any atom is -0.0207 e. The molecule has 0 aromatic heterocycles. The van der Waals surface area contributed by atoms with Crippen molar-refractivity contribution in [2.45, 2.75) is 33.6 Å². The fourth-order valence-corrected chi connectivity index (χ4v) is 2.73. The van der Waals surface area contributed by atoms with Crippen molar-refractivity contribution in [3.05, 3.63) is 0 Å². The second kappa shape index (κ2) is 0.872. The van der Waals surface area contributed by atoms with Gasteiger partial charge in [-0.25, -0.2) is 0 Å². The van der Waals surface area contributed by atoms with E-state index in [1.807, 2.05) is 0 Å². The van der Waals surface area contributed by atoms with Crippen molar-refractivity contribution in [3.63, 3.8) is 0 Å². The van der Waals surface area contributed by atoms with Gasteiger partial charge in [-0.3, -0.25) is 0 Å². The molecule has 0 spiro atoms.